The van der Waals surface area contributed by atoms with Crippen LogP contribution in [0, 0.1) is 0 Å². The molecule has 22 heavy (non-hydrogen) atoms. The fraction of sp³-hybridized carbons (Fsp3) is 0.500. The molecule has 0 radical (unpaired) electrons. The Kier molecular flexibility index (Phi) is 5.87. The quantitative estimate of drug-likeness (QED) is 0.762. The third kappa shape index (κ3) is 4.94. The molecule has 5 nitrogen and oxygen atoms in total. The number of hydrogen-bond donors (Lipinski definition) is 0. The lowest BCUT2D eigenvalue weighted by molar-refractivity contribution is 0.0644. The summed E-state index contributed by atoms with van der Waals surface area (Å²) in [5.41, 5.74) is 0.487. The number of piperazine rings is 1. The lowest BCUT2D eigenvalue weighted by Gasteiger charge is -2.34. The Hall–Kier alpha value is -0.630. The lowest BCUT2D eigenvalue weighted by Crippen LogP contribution is -2.49. The minimum absolute atomic E-state index is 0.0888. The van der Waals surface area contributed by atoms with E-state index in [1.807, 2.05) is 0 Å². The first-order valence-corrected chi connectivity index (χ1v) is 10.1. The van der Waals surface area contributed by atoms with Gasteiger partial charge in [0, 0.05) is 43.5 Å². The van der Waals surface area contributed by atoms with E-state index >= 15 is 0 Å². The van der Waals surface area contributed by atoms with Crippen molar-refractivity contribution in [3.63, 3.8) is 0 Å². The van der Waals surface area contributed by atoms with Gasteiger partial charge < -0.3 is 4.90 Å². The van der Waals surface area contributed by atoms with Gasteiger partial charge in [-0.05, 0) is 18.2 Å². The van der Waals surface area contributed by atoms with Crippen LogP contribution < -0.4 is 0 Å². The molecule has 1 saturated heterocycles. The summed E-state index contributed by atoms with van der Waals surface area (Å²) < 4.78 is 23.2. The van der Waals surface area contributed by atoms with Crippen LogP contribution in [-0.2, 0) is 9.84 Å². The molecule has 0 spiro atoms. The van der Waals surface area contributed by atoms with Crippen molar-refractivity contribution in [1.29, 1.82) is 0 Å². The first kappa shape index (κ1) is 17.7. The number of hydrogen-bond acceptors (Lipinski definition) is 4. The second kappa shape index (κ2) is 7.29. The minimum Gasteiger partial charge on any atom is -0.336 e. The van der Waals surface area contributed by atoms with E-state index in [0.717, 1.165) is 4.47 Å². The Bertz CT molecular complexity index is 658. The van der Waals surface area contributed by atoms with Crippen molar-refractivity contribution in [2.24, 2.45) is 0 Å². The number of carbonyl (C=O) groups is 1. The van der Waals surface area contributed by atoms with E-state index in [1.54, 1.807) is 23.1 Å². The first-order chi connectivity index (χ1) is 10.3. The molecule has 2 rings (SSSR count). The van der Waals surface area contributed by atoms with Gasteiger partial charge in [-0.25, -0.2) is 8.42 Å². The Balaban J connectivity index is 1.94. The first-order valence-electron chi connectivity index (χ1n) is 6.91. The van der Waals surface area contributed by atoms with Crippen molar-refractivity contribution < 1.29 is 13.2 Å². The van der Waals surface area contributed by atoms with Crippen LogP contribution >= 0.6 is 27.5 Å². The van der Waals surface area contributed by atoms with Crippen LogP contribution in [-0.4, -0.2) is 68.9 Å². The van der Waals surface area contributed by atoms with E-state index in [4.69, 9.17) is 11.6 Å². The number of sulfone groups is 1. The third-order valence-electron chi connectivity index (χ3n) is 3.60. The Morgan fingerprint density at radius 1 is 1.27 bits per heavy atom. The zero-order valence-corrected chi connectivity index (χ0v) is 15.4. The molecular formula is C14H18BrClN2O3S. The molecule has 1 amide bonds. The molecule has 0 atom stereocenters. The fourth-order valence-corrected chi connectivity index (χ4v) is 3.45. The van der Waals surface area contributed by atoms with E-state index in [-0.39, 0.29) is 11.7 Å². The average Bonchev–Trinajstić information content (AvgIpc) is 2.47. The molecule has 122 valence electrons. The van der Waals surface area contributed by atoms with Crippen LogP contribution in [0.3, 0.4) is 0 Å². The van der Waals surface area contributed by atoms with Crippen molar-refractivity contribution in [2.75, 3.05) is 44.7 Å². The highest BCUT2D eigenvalue weighted by atomic mass is 79.9. The number of halogens is 2. The van der Waals surface area contributed by atoms with Crippen LogP contribution in [0.5, 0.6) is 0 Å². The maximum Gasteiger partial charge on any atom is 0.255 e. The molecule has 0 saturated carbocycles. The van der Waals surface area contributed by atoms with Gasteiger partial charge in [0.05, 0.1) is 16.3 Å². The summed E-state index contributed by atoms with van der Waals surface area (Å²) in [6, 6.07) is 5.21. The van der Waals surface area contributed by atoms with Gasteiger partial charge in [0.25, 0.3) is 5.91 Å². The summed E-state index contributed by atoms with van der Waals surface area (Å²) in [6.45, 7) is 3.01. The molecule has 1 fully saturated rings. The molecule has 1 aliphatic heterocycles. The van der Waals surface area contributed by atoms with Crippen LogP contribution in [0.15, 0.2) is 22.7 Å². The summed E-state index contributed by atoms with van der Waals surface area (Å²) in [5.74, 6) is 0.0624. The maximum absolute atomic E-state index is 12.5. The molecule has 1 heterocycles. The van der Waals surface area contributed by atoms with Crippen molar-refractivity contribution in [3.8, 4) is 0 Å². The fourth-order valence-electron chi connectivity index (χ4n) is 2.30. The van der Waals surface area contributed by atoms with Gasteiger partial charge in [-0.3, -0.25) is 9.69 Å². The number of benzene rings is 1. The van der Waals surface area contributed by atoms with Gasteiger partial charge in [0.15, 0.2) is 0 Å². The van der Waals surface area contributed by atoms with Gasteiger partial charge in [0.2, 0.25) is 0 Å². The Morgan fingerprint density at radius 3 is 2.50 bits per heavy atom. The van der Waals surface area contributed by atoms with E-state index in [0.29, 0.717) is 43.3 Å². The summed E-state index contributed by atoms with van der Waals surface area (Å²) in [6.07, 6.45) is 1.24. The molecule has 1 aromatic carbocycles. The second-order valence-electron chi connectivity index (χ2n) is 5.39. The SMILES string of the molecule is CS(=O)(=O)CCN1CCN(C(=O)c2cc(Br)ccc2Cl)CC1. The zero-order valence-electron chi connectivity index (χ0n) is 12.3. The van der Waals surface area contributed by atoms with E-state index < -0.39 is 9.84 Å². The highest BCUT2D eigenvalue weighted by Gasteiger charge is 2.24. The maximum atomic E-state index is 12.5. The highest BCUT2D eigenvalue weighted by Crippen LogP contribution is 2.23. The van der Waals surface area contributed by atoms with E-state index in [9.17, 15) is 13.2 Å². The summed E-state index contributed by atoms with van der Waals surface area (Å²) in [7, 11) is -2.95. The van der Waals surface area contributed by atoms with E-state index in [1.165, 1.54) is 6.26 Å². The molecule has 0 aromatic heterocycles. The molecular weight excluding hydrogens is 392 g/mol. The van der Waals surface area contributed by atoms with Crippen LogP contribution in [0.2, 0.25) is 5.02 Å². The van der Waals surface area contributed by atoms with Gasteiger partial charge in [-0.2, -0.15) is 0 Å². The van der Waals surface area contributed by atoms with Gasteiger partial charge >= 0.3 is 0 Å². The molecule has 0 bridgehead atoms. The van der Waals surface area contributed by atoms with Crippen LogP contribution in [0.1, 0.15) is 10.4 Å². The topological polar surface area (TPSA) is 57.7 Å². The molecule has 0 N–H and O–H groups in total. The van der Waals surface area contributed by atoms with Crippen LogP contribution in [0.4, 0.5) is 0 Å². The Morgan fingerprint density at radius 2 is 1.91 bits per heavy atom. The number of rotatable bonds is 4. The standard InChI is InChI=1S/C14H18BrClN2O3S/c1-22(20,21)9-8-17-4-6-18(7-5-17)14(19)12-10-11(15)2-3-13(12)16/h2-3,10H,4-9H2,1H3. The number of amides is 1. The summed E-state index contributed by atoms with van der Waals surface area (Å²) in [5, 5.41) is 0.438. The molecule has 0 unspecified atom stereocenters. The molecule has 8 heteroatoms. The smallest absolute Gasteiger partial charge is 0.255 e. The van der Waals surface area contributed by atoms with Crippen molar-refractivity contribution in [2.45, 2.75) is 0 Å². The largest absolute Gasteiger partial charge is 0.336 e. The third-order valence-corrected chi connectivity index (χ3v) is 5.34. The average molecular weight is 410 g/mol. The van der Waals surface area contributed by atoms with E-state index in [2.05, 4.69) is 20.8 Å². The predicted molar refractivity (Wildman–Crippen MR) is 91.2 cm³/mol. The summed E-state index contributed by atoms with van der Waals surface area (Å²) >= 11 is 9.44. The van der Waals surface area contributed by atoms with Crippen molar-refractivity contribution in [1.82, 2.24) is 9.80 Å². The predicted octanol–water partition coefficient (Wildman–Crippen LogP) is 1.90. The van der Waals surface area contributed by atoms with Crippen molar-refractivity contribution in [3.05, 3.63) is 33.3 Å². The molecule has 0 aliphatic carbocycles. The molecule has 1 aromatic rings. The second-order valence-corrected chi connectivity index (χ2v) is 8.97. The lowest BCUT2D eigenvalue weighted by atomic mass is 10.2. The highest BCUT2D eigenvalue weighted by molar-refractivity contribution is 9.10. The van der Waals surface area contributed by atoms with Crippen molar-refractivity contribution >= 4 is 43.3 Å². The minimum atomic E-state index is -2.95. The van der Waals surface area contributed by atoms with Gasteiger partial charge in [-0.1, -0.05) is 27.5 Å². The van der Waals surface area contributed by atoms with Gasteiger partial charge in [0.1, 0.15) is 9.84 Å². The van der Waals surface area contributed by atoms with Crippen LogP contribution in [0.25, 0.3) is 0 Å². The number of carbonyl (C=O) groups excluding carboxylic acids is 1. The zero-order chi connectivity index (χ0) is 16.3. The van der Waals surface area contributed by atoms with Gasteiger partial charge in [-0.15, -0.1) is 0 Å². The summed E-state index contributed by atoms with van der Waals surface area (Å²) in [4.78, 5) is 16.3. The number of nitrogens with zero attached hydrogens (tertiary/aromatic N) is 2. The normalized spacial score (nSPS) is 16.8. The Labute approximate surface area is 144 Å². The monoisotopic (exact) mass is 408 g/mol. The molecule has 1 aliphatic rings.